The summed E-state index contributed by atoms with van der Waals surface area (Å²) < 4.78 is 0. The molecule has 0 aromatic heterocycles. The molecule has 0 saturated heterocycles. The van der Waals surface area contributed by atoms with E-state index in [1.807, 2.05) is 54.5 Å². The molecule has 5 heteroatoms. The van der Waals surface area contributed by atoms with Crippen LogP contribution in [0.5, 0.6) is 0 Å². The number of nitrogens with one attached hydrogen (secondary N) is 1. The van der Waals surface area contributed by atoms with Gasteiger partial charge in [-0.2, -0.15) is 5.26 Å². The predicted octanol–water partition coefficient (Wildman–Crippen LogP) is 4.14. The Morgan fingerprint density at radius 1 is 1.36 bits per heavy atom. The fourth-order valence-corrected chi connectivity index (χ4v) is 3.04. The lowest BCUT2D eigenvalue weighted by Crippen LogP contribution is -2.32. The maximum Gasteiger partial charge on any atom is 0.154 e. The number of amidine groups is 1. The summed E-state index contributed by atoms with van der Waals surface area (Å²) in [5.41, 5.74) is 10.9. The second-order valence-corrected chi connectivity index (χ2v) is 6.57. The average molecular weight is 369 g/mol. The highest BCUT2D eigenvalue weighted by Crippen LogP contribution is 2.26. The smallest absolute Gasteiger partial charge is 0.154 e. The molecule has 3 rings (SSSR count). The molecule has 0 fully saturated rings. The highest BCUT2D eigenvalue weighted by atomic mass is 15.2. The minimum atomic E-state index is 0.258. The van der Waals surface area contributed by atoms with Gasteiger partial charge in [0.2, 0.25) is 0 Å². The third-order valence-corrected chi connectivity index (χ3v) is 4.45. The Morgan fingerprint density at radius 2 is 2.11 bits per heavy atom. The molecule has 1 unspecified atom stereocenters. The van der Waals surface area contributed by atoms with E-state index in [4.69, 9.17) is 11.0 Å². The van der Waals surface area contributed by atoms with Crippen LogP contribution >= 0.6 is 0 Å². The monoisotopic (exact) mass is 369 g/mol. The Kier molecular flexibility index (Phi) is 5.61. The van der Waals surface area contributed by atoms with Gasteiger partial charge in [0.25, 0.3) is 0 Å². The number of nitrogens with two attached hydrogens (primary N) is 1. The van der Waals surface area contributed by atoms with E-state index in [-0.39, 0.29) is 5.92 Å². The highest BCUT2D eigenvalue weighted by molar-refractivity contribution is 6.01. The van der Waals surface area contributed by atoms with Gasteiger partial charge in [0, 0.05) is 29.5 Å². The van der Waals surface area contributed by atoms with Crippen LogP contribution in [-0.4, -0.2) is 10.7 Å². The summed E-state index contributed by atoms with van der Waals surface area (Å²) in [4.78, 5) is 6.43. The zero-order valence-electron chi connectivity index (χ0n) is 16.1. The van der Waals surface area contributed by atoms with Gasteiger partial charge in [-0.05, 0) is 42.7 Å². The lowest BCUT2D eigenvalue weighted by molar-refractivity contribution is 0.677. The van der Waals surface area contributed by atoms with Gasteiger partial charge in [0.1, 0.15) is 0 Å². The zero-order chi connectivity index (χ0) is 20.1. The maximum absolute atomic E-state index is 9.02. The van der Waals surface area contributed by atoms with E-state index >= 15 is 0 Å². The van der Waals surface area contributed by atoms with E-state index < -0.39 is 0 Å². The van der Waals surface area contributed by atoms with Gasteiger partial charge in [0.15, 0.2) is 5.84 Å². The Bertz CT molecular complexity index is 994. The Labute approximate surface area is 165 Å². The number of benzene rings is 1. The van der Waals surface area contributed by atoms with E-state index in [9.17, 15) is 0 Å². The summed E-state index contributed by atoms with van der Waals surface area (Å²) in [5.74, 6) is 0.911. The van der Waals surface area contributed by atoms with Crippen molar-refractivity contribution in [2.75, 3.05) is 0 Å². The molecule has 1 aromatic rings. The molecule has 0 spiro atoms. The largest absolute Gasteiger partial charge is 0.399 e. The lowest BCUT2D eigenvalue weighted by atomic mass is 10.1. The van der Waals surface area contributed by atoms with Gasteiger partial charge in [-0.25, -0.2) is 4.99 Å². The third-order valence-electron chi connectivity index (χ3n) is 4.45. The highest BCUT2D eigenvalue weighted by Gasteiger charge is 2.20. The van der Waals surface area contributed by atoms with Crippen LogP contribution in [0.4, 0.5) is 0 Å². The molecule has 0 bridgehead atoms. The van der Waals surface area contributed by atoms with Gasteiger partial charge in [-0.1, -0.05) is 43.9 Å². The Balaban J connectivity index is 1.83. The maximum atomic E-state index is 9.02. The van der Waals surface area contributed by atoms with Crippen molar-refractivity contribution in [3.8, 4) is 6.07 Å². The van der Waals surface area contributed by atoms with E-state index in [0.717, 1.165) is 22.7 Å². The van der Waals surface area contributed by atoms with Crippen LogP contribution in [0.25, 0.3) is 5.70 Å². The van der Waals surface area contributed by atoms with Crippen LogP contribution in [-0.2, 0) is 0 Å². The number of allylic oxidation sites excluding steroid dienone is 5. The molecular weight excluding hydrogens is 346 g/mol. The Hall–Kier alpha value is -3.78. The van der Waals surface area contributed by atoms with Gasteiger partial charge >= 0.3 is 0 Å². The molecule has 5 nitrogen and oxygen atoms in total. The molecule has 0 radical (unpaired) electrons. The van der Waals surface area contributed by atoms with Gasteiger partial charge in [-0.3, -0.25) is 0 Å². The van der Waals surface area contributed by atoms with Crippen molar-refractivity contribution in [3.63, 3.8) is 0 Å². The zero-order valence-corrected chi connectivity index (χ0v) is 16.1. The van der Waals surface area contributed by atoms with Crippen LogP contribution in [0.1, 0.15) is 25.0 Å². The fourth-order valence-electron chi connectivity index (χ4n) is 3.04. The molecule has 1 aromatic carbocycles. The molecular formula is C23H23N5. The molecule has 0 saturated carbocycles. The molecule has 0 amide bonds. The first kappa shape index (κ1) is 19.0. The van der Waals surface area contributed by atoms with Crippen molar-refractivity contribution < 1.29 is 0 Å². The van der Waals surface area contributed by atoms with Crippen LogP contribution in [0.3, 0.4) is 0 Å². The minimum absolute atomic E-state index is 0.258. The van der Waals surface area contributed by atoms with Crippen molar-refractivity contribution in [1.82, 2.24) is 10.2 Å². The molecule has 1 heterocycles. The van der Waals surface area contributed by atoms with Gasteiger partial charge < -0.3 is 16.0 Å². The second kappa shape index (κ2) is 8.28. The Morgan fingerprint density at radius 3 is 2.79 bits per heavy atom. The average Bonchev–Trinajstić information content (AvgIpc) is 2.85. The number of hydrogen-bond acceptors (Lipinski definition) is 5. The first-order valence-electron chi connectivity index (χ1n) is 9.06. The van der Waals surface area contributed by atoms with Crippen molar-refractivity contribution in [1.29, 1.82) is 5.26 Å². The molecule has 2 aliphatic rings. The summed E-state index contributed by atoms with van der Waals surface area (Å²) in [6.45, 7) is 8.29. The second-order valence-electron chi connectivity index (χ2n) is 6.57. The molecule has 1 atom stereocenters. The van der Waals surface area contributed by atoms with E-state index in [0.29, 0.717) is 17.1 Å². The van der Waals surface area contributed by atoms with Crippen LogP contribution < -0.4 is 11.1 Å². The first-order chi connectivity index (χ1) is 13.5. The van der Waals surface area contributed by atoms with E-state index in [2.05, 4.69) is 36.0 Å². The molecule has 28 heavy (non-hydrogen) atoms. The summed E-state index contributed by atoms with van der Waals surface area (Å²) in [5, 5.41) is 12.4. The van der Waals surface area contributed by atoms with Crippen molar-refractivity contribution in [3.05, 3.63) is 102 Å². The van der Waals surface area contributed by atoms with E-state index in [1.165, 1.54) is 0 Å². The number of aliphatic imine (C=N–C) groups is 1. The van der Waals surface area contributed by atoms with Gasteiger partial charge in [0.05, 0.1) is 17.3 Å². The summed E-state index contributed by atoms with van der Waals surface area (Å²) in [6.07, 6.45) is 13.5. The topological polar surface area (TPSA) is 77.4 Å². The first-order valence-corrected chi connectivity index (χ1v) is 9.06. The van der Waals surface area contributed by atoms with Crippen molar-refractivity contribution in [2.24, 2.45) is 16.6 Å². The summed E-state index contributed by atoms with van der Waals surface area (Å²) in [7, 11) is 0. The quantitative estimate of drug-likeness (QED) is 0.839. The number of nitriles is 1. The number of rotatable bonds is 3. The SMILES string of the molecule is C=C1C(NC2=CC(C)C=CC(N)=C2)=NC=CN1/C(=C\C)c1ccc(C#N)cc1. The third kappa shape index (κ3) is 4.13. The van der Waals surface area contributed by atoms with Crippen molar-refractivity contribution >= 4 is 11.5 Å². The molecule has 1 aliphatic carbocycles. The molecule has 3 N–H and O–H groups in total. The van der Waals surface area contributed by atoms with Gasteiger partial charge in [-0.15, -0.1) is 0 Å². The normalized spacial score (nSPS) is 19.4. The number of nitrogens with zero attached hydrogens (tertiary/aromatic N) is 3. The predicted molar refractivity (Wildman–Crippen MR) is 114 cm³/mol. The van der Waals surface area contributed by atoms with Crippen LogP contribution in [0.15, 0.2) is 95.7 Å². The fraction of sp³-hybridized carbons (Fsp3) is 0.130. The minimum Gasteiger partial charge on any atom is -0.399 e. The number of hydrogen-bond donors (Lipinski definition) is 2. The van der Waals surface area contributed by atoms with Crippen LogP contribution in [0.2, 0.25) is 0 Å². The van der Waals surface area contributed by atoms with E-state index in [1.54, 1.807) is 18.3 Å². The summed E-state index contributed by atoms with van der Waals surface area (Å²) >= 11 is 0. The van der Waals surface area contributed by atoms with Crippen LogP contribution in [0, 0.1) is 17.2 Å². The molecule has 1 aliphatic heterocycles. The van der Waals surface area contributed by atoms with Crippen molar-refractivity contribution in [2.45, 2.75) is 13.8 Å². The standard InChI is InChI=1S/C23H23N5/c1-4-22(19-8-6-18(15-24)7-9-19)28-12-11-26-23(17(28)3)27-21-13-16(2)5-10-20(25)14-21/h4-14,16H,3,25H2,1-2H3,(H,26,27)/b22-4-. The summed E-state index contributed by atoms with van der Waals surface area (Å²) in [6, 6.07) is 9.61. The lowest BCUT2D eigenvalue weighted by Gasteiger charge is -2.29. The molecule has 140 valence electrons.